The van der Waals surface area contributed by atoms with Gasteiger partial charge in [-0.3, -0.25) is 0 Å². The van der Waals surface area contributed by atoms with Crippen molar-refractivity contribution in [2.75, 3.05) is 57.5 Å². The van der Waals surface area contributed by atoms with Crippen molar-refractivity contribution in [3.63, 3.8) is 0 Å². The Morgan fingerprint density at radius 1 is 1.28 bits per heavy atom. The SMILES string of the molecule is CN(C)CCCN(C)c1ccnc(NCCN)n1. The molecule has 0 saturated carbocycles. The summed E-state index contributed by atoms with van der Waals surface area (Å²) in [7, 11) is 6.21. The number of aromatic nitrogens is 2. The van der Waals surface area contributed by atoms with Crippen LogP contribution in [0.1, 0.15) is 6.42 Å². The zero-order chi connectivity index (χ0) is 13.4. The molecule has 6 nitrogen and oxygen atoms in total. The first kappa shape index (κ1) is 14.7. The van der Waals surface area contributed by atoms with E-state index in [-0.39, 0.29) is 0 Å². The van der Waals surface area contributed by atoms with Crippen molar-refractivity contribution in [2.24, 2.45) is 5.73 Å². The quantitative estimate of drug-likeness (QED) is 0.690. The normalized spacial score (nSPS) is 10.7. The topological polar surface area (TPSA) is 70.3 Å². The molecule has 6 heteroatoms. The summed E-state index contributed by atoms with van der Waals surface area (Å²) in [4.78, 5) is 12.9. The molecule has 0 aliphatic rings. The molecule has 0 radical (unpaired) electrons. The minimum Gasteiger partial charge on any atom is -0.359 e. The maximum atomic E-state index is 5.44. The summed E-state index contributed by atoms with van der Waals surface area (Å²) in [6.45, 7) is 3.32. The molecule has 0 spiro atoms. The Balaban J connectivity index is 2.48. The first-order valence-electron chi connectivity index (χ1n) is 6.26. The second-order valence-electron chi connectivity index (χ2n) is 4.53. The van der Waals surface area contributed by atoms with Crippen LogP contribution in [0, 0.1) is 0 Å². The summed E-state index contributed by atoms with van der Waals surface area (Å²) in [6.07, 6.45) is 2.88. The highest BCUT2D eigenvalue weighted by molar-refractivity contribution is 5.41. The molecule has 0 fully saturated rings. The van der Waals surface area contributed by atoms with Crippen LogP contribution in [0.3, 0.4) is 0 Å². The standard InChI is InChI=1S/C12H24N6/c1-17(2)9-4-10-18(3)11-5-7-14-12(16-11)15-8-6-13/h5,7H,4,6,8-10,13H2,1-3H3,(H,14,15,16). The lowest BCUT2D eigenvalue weighted by Crippen LogP contribution is -2.24. The highest BCUT2D eigenvalue weighted by Crippen LogP contribution is 2.10. The Morgan fingerprint density at radius 2 is 2.06 bits per heavy atom. The van der Waals surface area contributed by atoms with E-state index in [1.807, 2.05) is 13.1 Å². The van der Waals surface area contributed by atoms with Gasteiger partial charge in [0.05, 0.1) is 0 Å². The van der Waals surface area contributed by atoms with Crippen molar-refractivity contribution in [1.82, 2.24) is 14.9 Å². The van der Waals surface area contributed by atoms with Gasteiger partial charge in [-0.2, -0.15) is 4.98 Å². The van der Waals surface area contributed by atoms with Gasteiger partial charge in [0.15, 0.2) is 0 Å². The highest BCUT2D eigenvalue weighted by atomic mass is 15.2. The van der Waals surface area contributed by atoms with Crippen molar-refractivity contribution in [3.05, 3.63) is 12.3 Å². The van der Waals surface area contributed by atoms with Gasteiger partial charge < -0.3 is 20.9 Å². The summed E-state index contributed by atoms with van der Waals surface area (Å²) in [5.41, 5.74) is 5.44. The highest BCUT2D eigenvalue weighted by Gasteiger charge is 2.04. The second-order valence-corrected chi connectivity index (χ2v) is 4.53. The van der Waals surface area contributed by atoms with Gasteiger partial charge >= 0.3 is 0 Å². The van der Waals surface area contributed by atoms with Gasteiger partial charge in [0, 0.05) is 32.9 Å². The van der Waals surface area contributed by atoms with E-state index in [2.05, 4.69) is 39.2 Å². The second kappa shape index (κ2) is 7.84. The van der Waals surface area contributed by atoms with Crippen LogP contribution in [0.25, 0.3) is 0 Å². The predicted octanol–water partition coefficient (Wildman–Crippen LogP) is 0.235. The molecule has 1 aromatic rings. The molecule has 0 aliphatic carbocycles. The Labute approximate surface area is 109 Å². The van der Waals surface area contributed by atoms with E-state index < -0.39 is 0 Å². The largest absolute Gasteiger partial charge is 0.359 e. The van der Waals surface area contributed by atoms with Crippen LogP contribution in [0.15, 0.2) is 12.3 Å². The van der Waals surface area contributed by atoms with Gasteiger partial charge in [0.1, 0.15) is 5.82 Å². The molecule has 1 heterocycles. The summed E-state index contributed by atoms with van der Waals surface area (Å²) in [6, 6.07) is 1.92. The lowest BCUT2D eigenvalue weighted by molar-refractivity contribution is 0.401. The lowest BCUT2D eigenvalue weighted by Gasteiger charge is -2.19. The van der Waals surface area contributed by atoms with Gasteiger partial charge in [0.25, 0.3) is 0 Å². The van der Waals surface area contributed by atoms with Crippen LogP contribution in [0.4, 0.5) is 11.8 Å². The number of anilines is 2. The van der Waals surface area contributed by atoms with Crippen molar-refractivity contribution in [1.29, 1.82) is 0 Å². The van der Waals surface area contributed by atoms with E-state index >= 15 is 0 Å². The monoisotopic (exact) mass is 252 g/mol. The van der Waals surface area contributed by atoms with Crippen molar-refractivity contribution >= 4 is 11.8 Å². The Kier molecular flexibility index (Phi) is 6.38. The molecular weight excluding hydrogens is 228 g/mol. The molecule has 1 rings (SSSR count). The average Bonchev–Trinajstić information content (AvgIpc) is 2.36. The van der Waals surface area contributed by atoms with Crippen LogP contribution in [-0.4, -0.2) is 62.2 Å². The number of hydrogen-bond acceptors (Lipinski definition) is 6. The van der Waals surface area contributed by atoms with E-state index in [1.165, 1.54) is 0 Å². The summed E-state index contributed by atoms with van der Waals surface area (Å²) in [5, 5.41) is 3.08. The van der Waals surface area contributed by atoms with Gasteiger partial charge in [0.2, 0.25) is 5.95 Å². The van der Waals surface area contributed by atoms with E-state index in [0.29, 0.717) is 19.0 Å². The average molecular weight is 252 g/mol. The van der Waals surface area contributed by atoms with Crippen LogP contribution in [0.5, 0.6) is 0 Å². The summed E-state index contributed by atoms with van der Waals surface area (Å²) < 4.78 is 0. The molecular formula is C12H24N6. The first-order valence-corrected chi connectivity index (χ1v) is 6.26. The van der Waals surface area contributed by atoms with Crippen LogP contribution in [0.2, 0.25) is 0 Å². The predicted molar refractivity (Wildman–Crippen MR) is 76.0 cm³/mol. The Bertz CT molecular complexity index is 341. The number of nitrogens with two attached hydrogens (primary N) is 1. The van der Waals surface area contributed by atoms with Gasteiger partial charge in [-0.05, 0) is 33.1 Å². The Morgan fingerprint density at radius 3 is 2.72 bits per heavy atom. The molecule has 18 heavy (non-hydrogen) atoms. The third-order valence-corrected chi connectivity index (χ3v) is 2.56. The fraction of sp³-hybridized carbons (Fsp3) is 0.667. The molecule has 0 atom stereocenters. The summed E-state index contributed by atoms with van der Waals surface area (Å²) in [5.74, 6) is 1.57. The van der Waals surface area contributed by atoms with Crippen LogP contribution in [-0.2, 0) is 0 Å². The van der Waals surface area contributed by atoms with Crippen molar-refractivity contribution in [2.45, 2.75) is 6.42 Å². The Hall–Kier alpha value is -1.40. The van der Waals surface area contributed by atoms with Gasteiger partial charge in [-0.25, -0.2) is 4.98 Å². The fourth-order valence-electron chi connectivity index (χ4n) is 1.57. The lowest BCUT2D eigenvalue weighted by atomic mass is 10.3. The number of nitrogens with zero attached hydrogens (tertiary/aromatic N) is 4. The van der Waals surface area contributed by atoms with E-state index in [0.717, 1.165) is 25.3 Å². The third-order valence-electron chi connectivity index (χ3n) is 2.56. The minimum atomic E-state index is 0.576. The van der Waals surface area contributed by atoms with E-state index in [9.17, 15) is 0 Å². The smallest absolute Gasteiger partial charge is 0.224 e. The number of rotatable bonds is 8. The molecule has 3 N–H and O–H groups in total. The maximum Gasteiger partial charge on any atom is 0.224 e. The van der Waals surface area contributed by atoms with Gasteiger partial charge in [-0.1, -0.05) is 0 Å². The number of hydrogen-bond donors (Lipinski definition) is 2. The molecule has 1 aromatic heterocycles. The molecule has 0 bridgehead atoms. The minimum absolute atomic E-state index is 0.576. The molecule has 0 unspecified atom stereocenters. The maximum absolute atomic E-state index is 5.44. The van der Waals surface area contributed by atoms with Gasteiger partial charge in [-0.15, -0.1) is 0 Å². The zero-order valence-corrected chi connectivity index (χ0v) is 11.6. The number of nitrogens with one attached hydrogen (secondary N) is 1. The fourth-order valence-corrected chi connectivity index (χ4v) is 1.57. The third kappa shape index (κ3) is 5.29. The molecule has 0 aliphatic heterocycles. The van der Waals surface area contributed by atoms with Crippen molar-refractivity contribution < 1.29 is 0 Å². The zero-order valence-electron chi connectivity index (χ0n) is 11.6. The molecule has 102 valence electrons. The molecule has 0 aromatic carbocycles. The van der Waals surface area contributed by atoms with E-state index in [1.54, 1.807) is 6.20 Å². The van der Waals surface area contributed by atoms with Crippen LogP contribution >= 0.6 is 0 Å². The van der Waals surface area contributed by atoms with Crippen LogP contribution < -0.4 is 16.0 Å². The molecule has 0 saturated heterocycles. The molecule has 0 amide bonds. The van der Waals surface area contributed by atoms with Crippen molar-refractivity contribution in [3.8, 4) is 0 Å². The first-order chi connectivity index (χ1) is 8.63. The van der Waals surface area contributed by atoms with E-state index in [4.69, 9.17) is 5.73 Å². The summed E-state index contributed by atoms with van der Waals surface area (Å²) >= 11 is 0.